The van der Waals surface area contributed by atoms with Gasteiger partial charge < -0.3 is 24.8 Å². The first-order valence-electron chi connectivity index (χ1n) is 10.2. The van der Waals surface area contributed by atoms with Crippen LogP contribution in [0.4, 0.5) is 17.8 Å². The number of ether oxygens (including phenoxy) is 2. The highest BCUT2D eigenvalue weighted by atomic mass is 16.5. The van der Waals surface area contributed by atoms with Gasteiger partial charge in [0.25, 0.3) is 0 Å². The highest BCUT2D eigenvalue weighted by Crippen LogP contribution is 2.25. The maximum atomic E-state index is 9.72. The van der Waals surface area contributed by atoms with Crippen molar-refractivity contribution >= 4 is 24.1 Å². The maximum Gasteiger partial charge on any atom is 0.250 e. The van der Waals surface area contributed by atoms with E-state index in [1.165, 1.54) is 7.11 Å². The average Bonchev–Trinajstić information content (AvgIpc) is 2.85. The number of anilines is 3. The fourth-order valence-electron chi connectivity index (χ4n) is 3.11. The van der Waals surface area contributed by atoms with E-state index in [-0.39, 0.29) is 5.75 Å². The summed E-state index contributed by atoms with van der Waals surface area (Å²) in [5.74, 6) is 1.77. The molecule has 1 saturated heterocycles. The minimum Gasteiger partial charge on any atom is -0.504 e. The Balaban J connectivity index is 1.51. The Hall–Kier alpha value is -3.92. The number of nitrogens with one attached hydrogen (secondary N) is 2. The minimum absolute atomic E-state index is 0.0689. The fourth-order valence-corrected chi connectivity index (χ4v) is 3.11. The van der Waals surface area contributed by atoms with Gasteiger partial charge in [-0.25, -0.2) is 5.43 Å². The first-order chi connectivity index (χ1) is 15.7. The molecule has 3 aromatic rings. The summed E-state index contributed by atoms with van der Waals surface area (Å²) in [4.78, 5) is 15.6. The summed E-state index contributed by atoms with van der Waals surface area (Å²) in [5, 5.41) is 17.2. The van der Waals surface area contributed by atoms with Crippen LogP contribution in [0.15, 0.2) is 53.6 Å². The normalized spacial score (nSPS) is 13.8. The molecule has 0 saturated carbocycles. The minimum atomic E-state index is 0.0689. The zero-order valence-electron chi connectivity index (χ0n) is 17.7. The Bertz CT molecular complexity index is 1060. The van der Waals surface area contributed by atoms with Crippen molar-refractivity contribution in [2.24, 2.45) is 5.10 Å². The van der Waals surface area contributed by atoms with Gasteiger partial charge in [-0.15, -0.1) is 0 Å². The van der Waals surface area contributed by atoms with Crippen LogP contribution >= 0.6 is 0 Å². The third-order valence-electron chi connectivity index (χ3n) is 4.79. The van der Waals surface area contributed by atoms with Gasteiger partial charge in [0, 0.05) is 19.6 Å². The van der Waals surface area contributed by atoms with Crippen molar-refractivity contribution in [2.45, 2.75) is 6.54 Å². The molecule has 3 N–H and O–H groups in total. The molecule has 10 heteroatoms. The first-order valence-corrected chi connectivity index (χ1v) is 10.2. The molecular formula is C22H25N7O3. The molecule has 0 spiro atoms. The largest absolute Gasteiger partial charge is 0.504 e. The number of rotatable bonds is 8. The quantitative estimate of drug-likeness (QED) is 0.362. The number of hydrogen-bond acceptors (Lipinski definition) is 10. The summed E-state index contributed by atoms with van der Waals surface area (Å²) >= 11 is 0. The van der Waals surface area contributed by atoms with Crippen LogP contribution in [0.5, 0.6) is 11.5 Å². The lowest BCUT2D eigenvalue weighted by atomic mass is 10.2. The summed E-state index contributed by atoms with van der Waals surface area (Å²) in [6.45, 7) is 3.25. The van der Waals surface area contributed by atoms with Crippen LogP contribution in [0.1, 0.15) is 11.1 Å². The Labute approximate surface area is 185 Å². The van der Waals surface area contributed by atoms with Gasteiger partial charge in [0.1, 0.15) is 0 Å². The Morgan fingerprint density at radius 2 is 1.88 bits per heavy atom. The Morgan fingerprint density at radius 3 is 2.66 bits per heavy atom. The SMILES string of the molecule is COc1cc(/C=N/Nc2nc(NCc3ccccc3)nc(N3CCOCC3)n2)ccc1O. The van der Waals surface area contributed by atoms with Crippen molar-refractivity contribution in [2.75, 3.05) is 49.1 Å². The number of hydrazone groups is 1. The molecule has 0 radical (unpaired) electrons. The predicted octanol–water partition coefficient (Wildman–Crippen LogP) is 2.48. The predicted molar refractivity (Wildman–Crippen MR) is 123 cm³/mol. The monoisotopic (exact) mass is 435 g/mol. The number of phenolic OH excluding ortho intramolecular Hbond substituents is 1. The molecule has 0 amide bonds. The molecule has 166 valence electrons. The average molecular weight is 435 g/mol. The molecular weight excluding hydrogens is 410 g/mol. The van der Waals surface area contributed by atoms with E-state index in [1.54, 1.807) is 24.4 Å². The van der Waals surface area contributed by atoms with Gasteiger partial charge in [0.2, 0.25) is 17.8 Å². The van der Waals surface area contributed by atoms with E-state index in [1.807, 2.05) is 30.3 Å². The van der Waals surface area contributed by atoms with Crippen molar-refractivity contribution in [3.8, 4) is 11.5 Å². The molecule has 2 heterocycles. The first kappa shape index (κ1) is 21.3. The number of benzene rings is 2. The van der Waals surface area contributed by atoms with Crippen molar-refractivity contribution in [3.05, 3.63) is 59.7 Å². The topological polar surface area (TPSA) is 117 Å². The van der Waals surface area contributed by atoms with Gasteiger partial charge in [0.15, 0.2) is 11.5 Å². The van der Waals surface area contributed by atoms with Gasteiger partial charge in [-0.1, -0.05) is 30.3 Å². The van der Waals surface area contributed by atoms with E-state index in [9.17, 15) is 5.11 Å². The number of hydrogen-bond donors (Lipinski definition) is 3. The zero-order valence-corrected chi connectivity index (χ0v) is 17.7. The van der Waals surface area contributed by atoms with E-state index < -0.39 is 0 Å². The Kier molecular flexibility index (Phi) is 6.93. The number of nitrogens with zero attached hydrogens (tertiary/aromatic N) is 5. The highest BCUT2D eigenvalue weighted by Gasteiger charge is 2.16. The van der Waals surface area contributed by atoms with Crippen LogP contribution in [0.25, 0.3) is 0 Å². The maximum absolute atomic E-state index is 9.72. The van der Waals surface area contributed by atoms with E-state index in [4.69, 9.17) is 9.47 Å². The van der Waals surface area contributed by atoms with Crippen molar-refractivity contribution in [1.82, 2.24) is 15.0 Å². The molecule has 32 heavy (non-hydrogen) atoms. The lowest BCUT2D eigenvalue weighted by molar-refractivity contribution is 0.122. The number of methoxy groups -OCH3 is 1. The van der Waals surface area contributed by atoms with Gasteiger partial charge in [-0.3, -0.25) is 0 Å². The Morgan fingerprint density at radius 1 is 1.09 bits per heavy atom. The lowest BCUT2D eigenvalue weighted by Gasteiger charge is -2.27. The zero-order chi connectivity index (χ0) is 22.2. The molecule has 1 aromatic heterocycles. The number of aromatic hydroxyl groups is 1. The molecule has 2 aromatic carbocycles. The number of phenols is 1. The smallest absolute Gasteiger partial charge is 0.250 e. The van der Waals surface area contributed by atoms with E-state index in [2.05, 4.69) is 35.7 Å². The van der Waals surface area contributed by atoms with Gasteiger partial charge in [-0.2, -0.15) is 20.1 Å². The molecule has 1 aliphatic heterocycles. The van der Waals surface area contributed by atoms with Gasteiger partial charge >= 0.3 is 0 Å². The van der Waals surface area contributed by atoms with E-state index >= 15 is 0 Å². The molecule has 0 aliphatic carbocycles. The molecule has 1 aliphatic rings. The van der Waals surface area contributed by atoms with Crippen molar-refractivity contribution in [3.63, 3.8) is 0 Å². The number of aromatic nitrogens is 3. The summed E-state index contributed by atoms with van der Waals surface area (Å²) in [7, 11) is 1.50. The molecule has 10 nitrogen and oxygen atoms in total. The molecule has 0 bridgehead atoms. The van der Waals surface area contributed by atoms with Crippen LogP contribution in [-0.2, 0) is 11.3 Å². The van der Waals surface area contributed by atoms with Crippen molar-refractivity contribution in [1.29, 1.82) is 0 Å². The second-order valence-corrected chi connectivity index (χ2v) is 7.02. The molecule has 4 rings (SSSR count). The lowest BCUT2D eigenvalue weighted by Crippen LogP contribution is -2.37. The fraction of sp³-hybridized carbons (Fsp3) is 0.273. The van der Waals surface area contributed by atoms with Crippen LogP contribution in [-0.4, -0.2) is 59.7 Å². The van der Waals surface area contributed by atoms with Crippen LogP contribution in [0.2, 0.25) is 0 Å². The number of morpholine rings is 1. The second-order valence-electron chi connectivity index (χ2n) is 7.02. The van der Waals surface area contributed by atoms with Gasteiger partial charge in [0.05, 0.1) is 26.5 Å². The van der Waals surface area contributed by atoms with Crippen LogP contribution in [0, 0.1) is 0 Å². The summed E-state index contributed by atoms with van der Waals surface area (Å²) in [5.41, 5.74) is 4.74. The molecule has 1 fully saturated rings. The molecule has 0 atom stereocenters. The van der Waals surface area contributed by atoms with Crippen LogP contribution < -0.4 is 20.4 Å². The third-order valence-corrected chi connectivity index (χ3v) is 4.79. The van der Waals surface area contributed by atoms with Crippen molar-refractivity contribution < 1.29 is 14.6 Å². The highest BCUT2D eigenvalue weighted by molar-refractivity contribution is 5.81. The third kappa shape index (κ3) is 5.61. The summed E-state index contributed by atoms with van der Waals surface area (Å²) in [6, 6.07) is 15.0. The van der Waals surface area contributed by atoms with Gasteiger partial charge in [-0.05, 0) is 29.3 Å². The van der Waals surface area contributed by atoms with E-state index in [0.717, 1.165) is 11.1 Å². The summed E-state index contributed by atoms with van der Waals surface area (Å²) < 4.78 is 10.6. The van der Waals surface area contributed by atoms with Crippen LogP contribution in [0.3, 0.4) is 0 Å². The second kappa shape index (κ2) is 10.4. The standard InChI is InChI=1S/C22H25N7O3/c1-31-19-13-17(7-8-18(19)30)15-24-28-21-25-20(23-14-16-5-3-2-4-6-16)26-22(27-21)29-9-11-32-12-10-29/h2-8,13,15,30H,9-12,14H2,1H3,(H2,23,25,26,27,28)/b24-15+. The molecule has 0 unspecified atom stereocenters. The van der Waals surface area contributed by atoms with E-state index in [0.29, 0.717) is 56.4 Å². The summed E-state index contributed by atoms with van der Waals surface area (Å²) in [6.07, 6.45) is 1.59.